The van der Waals surface area contributed by atoms with E-state index in [0.29, 0.717) is 25.1 Å². The van der Waals surface area contributed by atoms with E-state index in [-0.39, 0.29) is 16.4 Å². The van der Waals surface area contributed by atoms with Crippen molar-refractivity contribution in [1.82, 2.24) is 15.2 Å². The molecule has 2 fully saturated rings. The highest BCUT2D eigenvalue weighted by atomic mass is 32.2. The quantitative estimate of drug-likeness (QED) is 0.210. The van der Waals surface area contributed by atoms with Crippen LogP contribution < -0.4 is 11.1 Å². The van der Waals surface area contributed by atoms with Crippen LogP contribution in [0.15, 0.2) is 21.8 Å². The number of carboxylic acids is 2. The third-order valence-corrected chi connectivity index (χ3v) is 7.26. The second kappa shape index (κ2) is 9.36. The second-order valence-electron chi connectivity index (χ2n) is 7.22. The van der Waals surface area contributed by atoms with Crippen LogP contribution in [-0.4, -0.2) is 80.1 Å². The van der Waals surface area contributed by atoms with E-state index in [1.54, 1.807) is 5.38 Å². The highest BCUT2D eigenvalue weighted by Gasteiger charge is 2.58. The molecule has 2 saturated heterocycles. The number of nitrogens with one attached hydrogen (secondary N) is 1. The number of ether oxygens (including phenoxy) is 1. The number of anilines is 1. The average molecular weight is 498 g/mol. The largest absolute Gasteiger partial charge is 0.479 e. The lowest BCUT2D eigenvalue weighted by atomic mass is 9.91. The van der Waals surface area contributed by atoms with Crippen molar-refractivity contribution >= 4 is 58.2 Å². The number of carbonyl (C=O) groups excluding carboxylic acids is 2. The van der Waals surface area contributed by atoms with E-state index in [1.165, 1.54) is 28.0 Å². The number of carboxylic acid groups (broad SMARTS) is 2. The molecule has 0 bridgehead atoms. The summed E-state index contributed by atoms with van der Waals surface area (Å²) in [7, 11) is 0. The van der Waals surface area contributed by atoms with Crippen LogP contribution in [0.25, 0.3) is 0 Å². The van der Waals surface area contributed by atoms with Crippen molar-refractivity contribution in [3.63, 3.8) is 0 Å². The zero-order valence-corrected chi connectivity index (χ0v) is 18.5. The fourth-order valence-corrected chi connectivity index (χ4v) is 6.08. The Hall–Kier alpha value is -3.17. The van der Waals surface area contributed by atoms with Crippen LogP contribution in [0.1, 0.15) is 24.5 Å². The summed E-state index contributed by atoms with van der Waals surface area (Å²) in [4.78, 5) is 57.9. The van der Waals surface area contributed by atoms with Crippen LogP contribution in [0.5, 0.6) is 0 Å². The molecule has 13 nitrogen and oxygen atoms in total. The standard InChI is InChI=1S/C18H19N5O8S2/c19-18-21-7(6-32-18)11-15(27)23-13(17(28)29)12(8-2-1-3-30-8)14(33-16(11)23)22-9(24)4-20-31-5-10(25)26/h4,6,8,11,14,16H,1-3,5H2,(H2,19,21)(H,22,24)(H,25,26)(H,28,29)/b20-4-/t8?,11-,14?,16-/m1/s1. The van der Waals surface area contributed by atoms with Crippen molar-refractivity contribution in [2.24, 2.45) is 5.16 Å². The molecule has 2 unspecified atom stereocenters. The fourth-order valence-electron chi connectivity index (χ4n) is 3.86. The molecule has 5 N–H and O–H groups in total. The third kappa shape index (κ3) is 4.51. The number of rotatable bonds is 8. The Bertz CT molecular complexity index is 1050. The summed E-state index contributed by atoms with van der Waals surface area (Å²) in [6.45, 7) is -0.293. The van der Waals surface area contributed by atoms with E-state index in [2.05, 4.69) is 20.3 Å². The summed E-state index contributed by atoms with van der Waals surface area (Å²) in [5.41, 5.74) is 6.19. The first-order valence-corrected chi connectivity index (χ1v) is 11.6. The number of thiazole rings is 1. The molecule has 0 radical (unpaired) electrons. The Kier molecular flexibility index (Phi) is 6.53. The fraction of sp³-hybridized carbons (Fsp3) is 0.444. The molecule has 33 heavy (non-hydrogen) atoms. The summed E-state index contributed by atoms with van der Waals surface area (Å²) in [6.07, 6.45) is 1.41. The zero-order valence-electron chi connectivity index (χ0n) is 16.9. The van der Waals surface area contributed by atoms with E-state index in [4.69, 9.17) is 15.6 Å². The first kappa shape index (κ1) is 23.0. The van der Waals surface area contributed by atoms with Crippen LogP contribution in [0.4, 0.5) is 5.13 Å². The number of carbonyl (C=O) groups is 4. The molecule has 2 amide bonds. The van der Waals surface area contributed by atoms with Crippen molar-refractivity contribution in [1.29, 1.82) is 0 Å². The predicted molar refractivity (Wildman–Crippen MR) is 115 cm³/mol. The molecular weight excluding hydrogens is 478 g/mol. The van der Waals surface area contributed by atoms with Gasteiger partial charge in [-0.25, -0.2) is 14.6 Å². The van der Waals surface area contributed by atoms with Gasteiger partial charge >= 0.3 is 11.9 Å². The Morgan fingerprint density at radius 1 is 1.42 bits per heavy atom. The molecule has 0 saturated carbocycles. The number of aliphatic carboxylic acids is 2. The summed E-state index contributed by atoms with van der Waals surface area (Å²) < 4.78 is 5.69. The number of thioether (sulfide) groups is 1. The van der Waals surface area contributed by atoms with E-state index in [1.807, 2.05) is 0 Å². The number of hydrogen-bond acceptors (Lipinski definition) is 11. The van der Waals surface area contributed by atoms with Crippen LogP contribution in [-0.2, 0) is 28.8 Å². The van der Waals surface area contributed by atoms with Gasteiger partial charge in [-0.15, -0.1) is 23.1 Å². The Labute approximate surface area is 194 Å². The normalized spacial score (nSPS) is 26.8. The first-order chi connectivity index (χ1) is 15.8. The molecule has 3 aliphatic heterocycles. The lowest BCUT2D eigenvalue weighted by molar-refractivity contribution is -0.148. The lowest BCUT2D eigenvalue weighted by Gasteiger charge is -2.51. The van der Waals surface area contributed by atoms with Crippen molar-refractivity contribution in [2.45, 2.75) is 35.6 Å². The van der Waals surface area contributed by atoms with Gasteiger partial charge in [0.15, 0.2) is 5.13 Å². The molecule has 0 aromatic carbocycles. The van der Waals surface area contributed by atoms with Gasteiger partial charge in [-0.1, -0.05) is 5.16 Å². The van der Waals surface area contributed by atoms with E-state index >= 15 is 0 Å². The van der Waals surface area contributed by atoms with Gasteiger partial charge in [0.2, 0.25) is 12.5 Å². The molecule has 4 rings (SSSR count). The minimum absolute atomic E-state index is 0.223. The van der Waals surface area contributed by atoms with Crippen LogP contribution in [0.3, 0.4) is 0 Å². The minimum atomic E-state index is -1.31. The van der Waals surface area contributed by atoms with Crippen molar-refractivity contribution in [2.75, 3.05) is 18.9 Å². The number of nitrogens with zero attached hydrogens (tertiary/aromatic N) is 3. The lowest BCUT2D eigenvalue weighted by Crippen LogP contribution is -2.63. The van der Waals surface area contributed by atoms with Gasteiger partial charge in [-0.2, -0.15) is 0 Å². The van der Waals surface area contributed by atoms with Gasteiger partial charge in [-0.05, 0) is 12.8 Å². The van der Waals surface area contributed by atoms with Crippen molar-refractivity contribution in [3.8, 4) is 0 Å². The summed E-state index contributed by atoms with van der Waals surface area (Å²) >= 11 is 2.36. The number of nitrogen functional groups attached to an aromatic ring is 1. The Balaban J connectivity index is 1.64. The molecule has 1 aromatic heterocycles. The number of fused-ring (bicyclic) bond motifs is 1. The number of nitrogens with two attached hydrogens (primary N) is 1. The number of oxime groups is 1. The minimum Gasteiger partial charge on any atom is -0.479 e. The van der Waals surface area contributed by atoms with Gasteiger partial charge in [0.1, 0.15) is 28.6 Å². The molecule has 0 aliphatic carbocycles. The SMILES string of the molecule is Nc1nc([C@@H]2C(=O)N3C(C(=O)O)=C(C4CCCO4)C(NC(=O)/C=N\OCC(=O)O)S[C@H]23)cs1. The van der Waals surface area contributed by atoms with E-state index in [0.717, 1.165) is 6.21 Å². The second-order valence-corrected chi connectivity index (χ2v) is 9.34. The van der Waals surface area contributed by atoms with Gasteiger partial charge in [0, 0.05) is 17.6 Å². The van der Waals surface area contributed by atoms with Gasteiger partial charge in [0.05, 0.1) is 11.8 Å². The van der Waals surface area contributed by atoms with Crippen LogP contribution in [0.2, 0.25) is 0 Å². The summed E-state index contributed by atoms with van der Waals surface area (Å²) in [6, 6.07) is 0. The first-order valence-electron chi connectivity index (χ1n) is 9.74. The maximum Gasteiger partial charge on any atom is 0.352 e. The maximum atomic E-state index is 13.0. The third-order valence-electron chi connectivity index (χ3n) is 5.16. The molecule has 3 aliphatic rings. The summed E-state index contributed by atoms with van der Waals surface area (Å²) in [5, 5.41) is 25.0. The molecule has 4 heterocycles. The highest BCUT2D eigenvalue weighted by molar-refractivity contribution is 8.00. The molecule has 1 aromatic rings. The van der Waals surface area contributed by atoms with Crippen molar-refractivity contribution in [3.05, 3.63) is 22.3 Å². The number of amides is 2. The average Bonchev–Trinajstić information content (AvgIpc) is 3.42. The monoisotopic (exact) mass is 497 g/mol. The van der Waals surface area contributed by atoms with E-state index in [9.17, 15) is 24.3 Å². The molecule has 176 valence electrons. The van der Waals surface area contributed by atoms with Gasteiger partial charge in [-0.3, -0.25) is 14.5 Å². The van der Waals surface area contributed by atoms with Gasteiger partial charge < -0.3 is 30.8 Å². The molecule has 0 spiro atoms. The van der Waals surface area contributed by atoms with Gasteiger partial charge in [0.25, 0.3) is 5.91 Å². The maximum absolute atomic E-state index is 13.0. The number of β-lactam (4-membered cyclic amide) rings is 1. The molecular formula is C18H19N5O8S2. The smallest absolute Gasteiger partial charge is 0.352 e. The predicted octanol–water partition coefficient (Wildman–Crippen LogP) is -0.229. The molecule has 4 atom stereocenters. The summed E-state index contributed by atoms with van der Waals surface area (Å²) in [5.74, 6) is -4.43. The number of aromatic nitrogens is 1. The van der Waals surface area contributed by atoms with Crippen molar-refractivity contribution < 1.29 is 39.0 Å². The Morgan fingerprint density at radius 2 is 2.21 bits per heavy atom. The van der Waals surface area contributed by atoms with Crippen LogP contribution in [0, 0.1) is 0 Å². The van der Waals surface area contributed by atoms with Crippen LogP contribution >= 0.6 is 23.1 Å². The Morgan fingerprint density at radius 3 is 2.82 bits per heavy atom. The van der Waals surface area contributed by atoms with E-state index < -0.39 is 53.1 Å². The molecule has 15 heteroatoms. The highest BCUT2D eigenvalue weighted by Crippen LogP contribution is 2.52. The zero-order chi connectivity index (χ0) is 23.7. The number of hydrogen-bond donors (Lipinski definition) is 4. The topological polar surface area (TPSA) is 194 Å².